The average Bonchev–Trinajstić information content (AvgIpc) is 2.70. The molecule has 0 atom stereocenters. The van der Waals surface area contributed by atoms with Crippen molar-refractivity contribution >= 4 is 17.3 Å². The van der Waals surface area contributed by atoms with Crippen LogP contribution in [0.15, 0.2) is 23.3 Å². The predicted octanol–water partition coefficient (Wildman–Crippen LogP) is 1.83. The maximum absolute atomic E-state index is 11.3. The summed E-state index contributed by atoms with van der Waals surface area (Å²) in [5.74, 6) is -0.412. The number of allylic oxidation sites excluding steroid dienone is 1. The molecular formula is C11H16N2O2S. The summed E-state index contributed by atoms with van der Waals surface area (Å²) in [6.45, 7) is 5.96. The molecule has 0 saturated carbocycles. The highest BCUT2D eigenvalue weighted by Gasteiger charge is 2.27. The van der Waals surface area contributed by atoms with E-state index in [1.54, 1.807) is 13.1 Å². The first kappa shape index (κ1) is 12.7. The van der Waals surface area contributed by atoms with E-state index in [-0.39, 0.29) is 0 Å². The molecule has 0 radical (unpaired) electrons. The fourth-order valence-electron chi connectivity index (χ4n) is 1.15. The highest BCUT2D eigenvalue weighted by Crippen LogP contribution is 2.29. The van der Waals surface area contributed by atoms with Crippen molar-refractivity contribution in [3.63, 3.8) is 0 Å². The Morgan fingerprint density at radius 2 is 2.38 bits per heavy atom. The Morgan fingerprint density at radius 1 is 1.69 bits per heavy atom. The van der Waals surface area contributed by atoms with Crippen molar-refractivity contribution in [2.45, 2.75) is 26.2 Å². The summed E-state index contributed by atoms with van der Waals surface area (Å²) in [4.78, 5) is 15.5. The van der Waals surface area contributed by atoms with Crippen LogP contribution in [0, 0.1) is 0 Å². The van der Waals surface area contributed by atoms with Gasteiger partial charge < -0.3 is 10.5 Å². The lowest BCUT2D eigenvalue weighted by molar-refractivity contribution is -0.137. The van der Waals surface area contributed by atoms with E-state index < -0.39 is 11.4 Å². The Kier molecular flexibility index (Phi) is 4.06. The van der Waals surface area contributed by atoms with Crippen molar-refractivity contribution in [3.8, 4) is 0 Å². The largest absolute Gasteiger partial charge is 0.463 e. The number of carbonyl (C=O) groups excluding carboxylic acids is 1. The van der Waals surface area contributed by atoms with Gasteiger partial charge in [-0.05, 0) is 20.8 Å². The van der Waals surface area contributed by atoms with Gasteiger partial charge in [-0.15, -0.1) is 11.3 Å². The number of aromatic nitrogens is 1. The zero-order valence-corrected chi connectivity index (χ0v) is 10.5. The molecular weight excluding hydrogens is 224 g/mol. The zero-order chi connectivity index (χ0) is 12.2. The maximum Gasteiger partial charge on any atom is 0.332 e. The molecule has 16 heavy (non-hydrogen) atoms. The Hall–Kier alpha value is -1.36. The summed E-state index contributed by atoms with van der Waals surface area (Å²) >= 11 is 1.51. The number of nitrogens with two attached hydrogens (primary N) is 1. The standard InChI is InChI=1S/C11H16N2O2S/c1-4-15-9(14)7-8(12)11(2,3)10-13-5-6-16-10/h5-7H,4,12H2,1-3H3/b8-7+. The van der Waals surface area contributed by atoms with Gasteiger partial charge in [-0.3, -0.25) is 0 Å². The Labute approximate surface area is 99.1 Å². The first-order chi connectivity index (χ1) is 7.48. The first-order valence-corrected chi connectivity index (χ1v) is 5.90. The van der Waals surface area contributed by atoms with Crippen LogP contribution < -0.4 is 5.73 Å². The zero-order valence-electron chi connectivity index (χ0n) is 9.69. The van der Waals surface area contributed by atoms with Crippen LogP contribution in [-0.4, -0.2) is 17.6 Å². The fraction of sp³-hybridized carbons (Fsp3) is 0.455. The average molecular weight is 240 g/mol. The van der Waals surface area contributed by atoms with E-state index in [4.69, 9.17) is 10.5 Å². The van der Waals surface area contributed by atoms with Gasteiger partial charge in [0.1, 0.15) is 5.01 Å². The number of esters is 1. The fourth-order valence-corrected chi connectivity index (χ4v) is 1.93. The summed E-state index contributed by atoms with van der Waals surface area (Å²) in [6.07, 6.45) is 3.05. The summed E-state index contributed by atoms with van der Waals surface area (Å²) in [7, 11) is 0. The molecule has 0 aromatic carbocycles. The second-order valence-corrected chi connectivity index (χ2v) is 4.71. The molecule has 0 unspecified atom stereocenters. The van der Waals surface area contributed by atoms with Crippen molar-refractivity contribution in [1.82, 2.24) is 4.98 Å². The van der Waals surface area contributed by atoms with Crippen LogP contribution in [0.25, 0.3) is 0 Å². The number of thiazole rings is 1. The van der Waals surface area contributed by atoms with Crippen LogP contribution in [0.4, 0.5) is 0 Å². The molecule has 1 rings (SSSR count). The van der Waals surface area contributed by atoms with Gasteiger partial charge in [0, 0.05) is 23.3 Å². The molecule has 0 aliphatic heterocycles. The molecule has 4 nitrogen and oxygen atoms in total. The van der Waals surface area contributed by atoms with Crippen molar-refractivity contribution in [3.05, 3.63) is 28.4 Å². The molecule has 0 bridgehead atoms. The van der Waals surface area contributed by atoms with Crippen molar-refractivity contribution in [1.29, 1.82) is 0 Å². The van der Waals surface area contributed by atoms with Gasteiger partial charge in [0.2, 0.25) is 0 Å². The lowest BCUT2D eigenvalue weighted by atomic mass is 9.90. The van der Waals surface area contributed by atoms with Crippen LogP contribution in [-0.2, 0) is 14.9 Å². The molecule has 1 aromatic rings. The van der Waals surface area contributed by atoms with Gasteiger partial charge in [0.05, 0.1) is 12.0 Å². The summed E-state index contributed by atoms with van der Waals surface area (Å²) < 4.78 is 4.81. The summed E-state index contributed by atoms with van der Waals surface area (Å²) in [5, 5.41) is 2.76. The molecule has 0 fully saturated rings. The predicted molar refractivity (Wildman–Crippen MR) is 64.0 cm³/mol. The van der Waals surface area contributed by atoms with E-state index >= 15 is 0 Å². The number of carbonyl (C=O) groups is 1. The van der Waals surface area contributed by atoms with Gasteiger partial charge in [0.25, 0.3) is 0 Å². The SMILES string of the molecule is CCOC(=O)/C=C(/N)C(C)(C)c1nccs1. The van der Waals surface area contributed by atoms with Gasteiger partial charge in [-0.25, -0.2) is 9.78 Å². The van der Waals surface area contributed by atoms with Gasteiger partial charge >= 0.3 is 5.97 Å². The molecule has 88 valence electrons. The van der Waals surface area contributed by atoms with E-state index in [1.165, 1.54) is 17.4 Å². The number of hydrogen-bond acceptors (Lipinski definition) is 5. The lowest BCUT2D eigenvalue weighted by Gasteiger charge is -2.22. The van der Waals surface area contributed by atoms with Crippen molar-refractivity contribution in [2.75, 3.05) is 6.61 Å². The normalized spacial score (nSPS) is 12.6. The van der Waals surface area contributed by atoms with E-state index in [2.05, 4.69) is 4.98 Å². The van der Waals surface area contributed by atoms with E-state index in [0.717, 1.165) is 5.01 Å². The molecule has 5 heteroatoms. The molecule has 1 aromatic heterocycles. The molecule has 0 aliphatic rings. The third-order valence-electron chi connectivity index (χ3n) is 2.25. The number of ether oxygens (including phenoxy) is 1. The monoisotopic (exact) mass is 240 g/mol. The first-order valence-electron chi connectivity index (χ1n) is 5.03. The quantitative estimate of drug-likeness (QED) is 0.644. The minimum atomic E-state index is -0.444. The minimum absolute atomic E-state index is 0.348. The molecule has 2 N–H and O–H groups in total. The summed E-state index contributed by atoms with van der Waals surface area (Å²) in [5.41, 5.74) is 5.92. The van der Waals surface area contributed by atoms with Gasteiger partial charge in [0.15, 0.2) is 0 Å². The molecule has 1 heterocycles. The Morgan fingerprint density at radius 3 is 2.88 bits per heavy atom. The van der Waals surface area contributed by atoms with Crippen LogP contribution in [0.5, 0.6) is 0 Å². The molecule has 0 saturated heterocycles. The lowest BCUT2D eigenvalue weighted by Crippen LogP contribution is -2.26. The highest BCUT2D eigenvalue weighted by atomic mass is 32.1. The van der Waals surface area contributed by atoms with E-state index in [0.29, 0.717) is 12.3 Å². The third kappa shape index (κ3) is 2.82. The third-order valence-corrected chi connectivity index (χ3v) is 3.35. The smallest absolute Gasteiger partial charge is 0.332 e. The number of hydrogen-bond donors (Lipinski definition) is 1. The molecule has 0 aliphatic carbocycles. The molecule has 0 spiro atoms. The summed E-state index contributed by atoms with van der Waals surface area (Å²) in [6, 6.07) is 0. The van der Waals surface area contributed by atoms with Crippen LogP contribution >= 0.6 is 11.3 Å². The van der Waals surface area contributed by atoms with E-state index in [9.17, 15) is 4.79 Å². The number of rotatable bonds is 4. The van der Waals surface area contributed by atoms with Crippen molar-refractivity contribution < 1.29 is 9.53 Å². The number of nitrogens with zero attached hydrogens (tertiary/aromatic N) is 1. The van der Waals surface area contributed by atoms with Gasteiger partial charge in [-0.1, -0.05) is 0 Å². The van der Waals surface area contributed by atoms with Gasteiger partial charge in [-0.2, -0.15) is 0 Å². The van der Waals surface area contributed by atoms with Crippen LogP contribution in [0.2, 0.25) is 0 Å². The maximum atomic E-state index is 11.3. The minimum Gasteiger partial charge on any atom is -0.463 e. The van der Waals surface area contributed by atoms with Crippen LogP contribution in [0.3, 0.4) is 0 Å². The topological polar surface area (TPSA) is 65.2 Å². The Balaban J connectivity index is 2.87. The van der Waals surface area contributed by atoms with Crippen molar-refractivity contribution in [2.24, 2.45) is 5.73 Å². The second-order valence-electron chi connectivity index (χ2n) is 3.81. The van der Waals surface area contributed by atoms with Crippen LogP contribution in [0.1, 0.15) is 25.8 Å². The molecule has 0 amide bonds. The highest BCUT2D eigenvalue weighted by molar-refractivity contribution is 7.09. The Bertz CT molecular complexity index is 383. The second kappa shape index (κ2) is 5.12. The van der Waals surface area contributed by atoms with E-state index in [1.807, 2.05) is 19.2 Å².